The summed E-state index contributed by atoms with van der Waals surface area (Å²) in [7, 11) is 0. The number of aryl methyl sites for hydroxylation is 1. The van der Waals surface area contributed by atoms with Gasteiger partial charge in [-0.1, -0.05) is 6.42 Å². The number of ketones is 1. The third-order valence-corrected chi connectivity index (χ3v) is 6.98. The lowest BCUT2D eigenvalue weighted by molar-refractivity contribution is -0.134. The number of carbonyl (C=O) groups is 1. The number of Topliss-reactive ketones (excluding diaryl/α,β-unsaturated/α-hetero) is 1. The minimum atomic E-state index is -1.32. The third kappa shape index (κ3) is 4.83. The Morgan fingerprint density at radius 2 is 2.06 bits per heavy atom. The van der Waals surface area contributed by atoms with Gasteiger partial charge in [-0.3, -0.25) is 9.78 Å². The maximum absolute atomic E-state index is 14.3. The predicted octanol–water partition coefficient (Wildman–Crippen LogP) is 3.94. The number of carbonyl (C=O) groups excluding carboxylic acids is 1. The van der Waals surface area contributed by atoms with E-state index in [9.17, 15) is 14.3 Å². The van der Waals surface area contributed by atoms with Gasteiger partial charge in [-0.15, -0.1) is 21.5 Å². The molecule has 0 aromatic carbocycles. The maximum atomic E-state index is 14.3. The summed E-state index contributed by atoms with van der Waals surface area (Å²) < 4.78 is 14.3. The van der Waals surface area contributed by atoms with E-state index in [1.807, 2.05) is 12.1 Å². The summed E-state index contributed by atoms with van der Waals surface area (Å²) in [5, 5.41) is 22.3. The van der Waals surface area contributed by atoms with Gasteiger partial charge in [0.1, 0.15) is 27.9 Å². The number of halogens is 1. The van der Waals surface area contributed by atoms with Crippen LogP contribution < -0.4 is 5.32 Å². The van der Waals surface area contributed by atoms with Gasteiger partial charge in [-0.2, -0.15) is 0 Å². The normalized spacial score (nSPS) is 15.2. The summed E-state index contributed by atoms with van der Waals surface area (Å²) in [6.07, 6.45) is 6.98. The summed E-state index contributed by atoms with van der Waals surface area (Å²) in [5.41, 5.74) is -0.463. The van der Waals surface area contributed by atoms with E-state index in [-0.39, 0.29) is 23.4 Å². The van der Waals surface area contributed by atoms with E-state index in [1.165, 1.54) is 31.3 Å². The zero-order valence-corrected chi connectivity index (χ0v) is 19.0. The number of nitrogens with zero attached hydrogens (tertiary/aromatic N) is 4. The molecule has 4 rings (SSSR count). The smallest absolute Gasteiger partial charge is 0.164 e. The van der Waals surface area contributed by atoms with E-state index >= 15 is 0 Å². The first-order chi connectivity index (χ1) is 15.3. The summed E-state index contributed by atoms with van der Waals surface area (Å²) in [6.45, 7) is 3.54. The van der Waals surface area contributed by atoms with Crippen LogP contribution in [0.3, 0.4) is 0 Å². The van der Waals surface area contributed by atoms with Gasteiger partial charge in [0.25, 0.3) is 0 Å². The molecule has 0 radical (unpaired) electrons. The van der Waals surface area contributed by atoms with Crippen LogP contribution in [-0.4, -0.2) is 43.2 Å². The van der Waals surface area contributed by atoms with Crippen molar-refractivity contribution in [2.45, 2.75) is 57.0 Å². The summed E-state index contributed by atoms with van der Waals surface area (Å²) >= 11 is 1.46. The topological polar surface area (TPSA) is 101 Å². The van der Waals surface area contributed by atoms with Crippen molar-refractivity contribution < 1.29 is 14.3 Å². The molecule has 0 aliphatic heterocycles. The van der Waals surface area contributed by atoms with Gasteiger partial charge in [-0.25, -0.2) is 9.37 Å². The largest absolute Gasteiger partial charge is 0.383 e. The average Bonchev–Trinajstić information content (AvgIpc) is 3.21. The molecule has 7 nitrogen and oxygen atoms in total. The van der Waals surface area contributed by atoms with E-state index < -0.39 is 5.60 Å². The molecule has 2 N–H and O–H groups in total. The molecular weight excluding hydrogens is 429 g/mol. The van der Waals surface area contributed by atoms with Crippen LogP contribution in [0.25, 0.3) is 10.7 Å². The monoisotopic (exact) mass is 455 g/mol. The van der Waals surface area contributed by atoms with Gasteiger partial charge in [0.2, 0.25) is 0 Å². The molecule has 0 atom stereocenters. The van der Waals surface area contributed by atoms with Crippen LogP contribution in [0.4, 0.5) is 10.2 Å². The number of thiazole rings is 1. The SMILES string of the molecule is CC(C)(O)C(=O)CCc1cnc(-c2ccc(NCC3(c4ncccc4F)CCC3)nn2)s1. The van der Waals surface area contributed by atoms with Crippen LogP contribution in [0.2, 0.25) is 0 Å². The summed E-state index contributed by atoms with van der Waals surface area (Å²) in [6, 6.07) is 6.75. The van der Waals surface area contributed by atoms with E-state index in [1.54, 1.807) is 18.5 Å². The molecule has 0 saturated heterocycles. The van der Waals surface area contributed by atoms with Gasteiger partial charge < -0.3 is 10.4 Å². The standard InChI is InChI=1S/C23H26FN5O2S/c1-22(2,31)18(30)8-6-15-13-26-21(32-15)17-7-9-19(29-28-17)27-14-23(10-4-11-23)20-16(24)5-3-12-25-20/h3,5,7,9,12-13,31H,4,6,8,10-11,14H2,1-2H3,(H,27,29). The quantitative estimate of drug-likeness (QED) is 0.504. The molecule has 1 aliphatic rings. The van der Waals surface area contributed by atoms with Crippen LogP contribution in [-0.2, 0) is 16.6 Å². The first-order valence-corrected chi connectivity index (χ1v) is 11.5. The fourth-order valence-corrected chi connectivity index (χ4v) is 4.64. The van der Waals surface area contributed by atoms with Crippen LogP contribution in [0.15, 0.2) is 36.7 Å². The molecular formula is C23H26FN5O2S. The zero-order valence-electron chi connectivity index (χ0n) is 18.1. The molecule has 1 saturated carbocycles. The van der Waals surface area contributed by atoms with Crippen molar-refractivity contribution in [3.8, 4) is 10.7 Å². The lowest BCUT2D eigenvalue weighted by Crippen LogP contribution is -2.42. The molecule has 0 spiro atoms. The Hall–Kier alpha value is -2.78. The number of pyridine rings is 1. The van der Waals surface area contributed by atoms with E-state index in [2.05, 4.69) is 25.5 Å². The van der Waals surface area contributed by atoms with E-state index in [0.29, 0.717) is 30.2 Å². The highest BCUT2D eigenvalue weighted by Crippen LogP contribution is 2.43. The molecule has 1 aliphatic carbocycles. The number of hydrogen-bond acceptors (Lipinski definition) is 8. The highest BCUT2D eigenvalue weighted by atomic mass is 32.1. The fraction of sp³-hybridized carbons (Fsp3) is 0.435. The van der Waals surface area contributed by atoms with E-state index in [4.69, 9.17) is 0 Å². The van der Waals surface area contributed by atoms with Crippen molar-refractivity contribution >= 4 is 22.9 Å². The third-order valence-electron chi connectivity index (χ3n) is 5.90. The zero-order chi connectivity index (χ0) is 22.8. The van der Waals surface area contributed by atoms with Crippen molar-refractivity contribution in [1.82, 2.24) is 20.2 Å². The van der Waals surface area contributed by atoms with Crippen molar-refractivity contribution in [1.29, 1.82) is 0 Å². The molecule has 32 heavy (non-hydrogen) atoms. The van der Waals surface area contributed by atoms with Crippen molar-refractivity contribution in [2.24, 2.45) is 0 Å². The summed E-state index contributed by atoms with van der Waals surface area (Å²) in [4.78, 5) is 21.5. The van der Waals surface area contributed by atoms with Crippen molar-refractivity contribution in [3.63, 3.8) is 0 Å². The second-order valence-electron chi connectivity index (χ2n) is 8.74. The summed E-state index contributed by atoms with van der Waals surface area (Å²) in [5.74, 6) is 0.153. The number of rotatable bonds is 9. The van der Waals surface area contributed by atoms with Crippen molar-refractivity contribution in [2.75, 3.05) is 11.9 Å². The molecule has 0 unspecified atom stereocenters. The Labute approximate surface area is 190 Å². The van der Waals surface area contributed by atoms with Gasteiger partial charge >= 0.3 is 0 Å². The Morgan fingerprint density at radius 1 is 1.25 bits per heavy atom. The second kappa shape index (κ2) is 8.99. The lowest BCUT2D eigenvalue weighted by Gasteiger charge is -2.41. The second-order valence-corrected chi connectivity index (χ2v) is 9.85. The molecule has 9 heteroatoms. The number of anilines is 1. The highest BCUT2D eigenvalue weighted by molar-refractivity contribution is 7.15. The van der Waals surface area contributed by atoms with Gasteiger partial charge in [0.15, 0.2) is 5.78 Å². The highest BCUT2D eigenvalue weighted by Gasteiger charge is 2.41. The van der Waals surface area contributed by atoms with Crippen LogP contribution >= 0.6 is 11.3 Å². The molecule has 0 amide bonds. The van der Waals surface area contributed by atoms with Crippen molar-refractivity contribution in [3.05, 3.63) is 53.0 Å². The molecule has 168 valence electrons. The van der Waals surface area contributed by atoms with Crippen LogP contribution in [0, 0.1) is 5.82 Å². The number of nitrogens with one attached hydrogen (secondary N) is 1. The molecule has 0 bridgehead atoms. The van der Waals surface area contributed by atoms with E-state index in [0.717, 1.165) is 29.1 Å². The first-order valence-electron chi connectivity index (χ1n) is 10.7. The van der Waals surface area contributed by atoms with Gasteiger partial charge in [0.05, 0.1) is 5.69 Å². The molecule has 1 fully saturated rings. The Morgan fingerprint density at radius 3 is 2.69 bits per heavy atom. The minimum absolute atomic E-state index is 0.197. The fourth-order valence-electron chi connectivity index (χ4n) is 3.76. The Bertz CT molecular complexity index is 1090. The number of hydrogen-bond donors (Lipinski definition) is 2. The number of aliphatic hydroxyl groups is 1. The lowest BCUT2D eigenvalue weighted by atomic mass is 9.66. The molecule has 3 heterocycles. The maximum Gasteiger partial charge on any atom is 0.164 e. The molecule has 3 aromatic heterocycles. The average molecular weight is 456 g/mol. The van der Waals surface area contributed by atoms with Gasteiger partial charge in [0, 0.05) is 35.7 Å². The minimum Gasteiger partial charge on any atom is -0.383 e. The van der Waals surface area contributed by atoms with Crippen LogP contribution in [0.5, 0.6) is 0 Å². The first kappa shape index (κ1) is 22.4. The predicted molar refractivity (Wildman–Crippen MR) is 121 cm³/mol. The molecule has 3 aromatic rings. The Kier molecular flexibility index (Phi) is 6.30. The van der Waals surface area contributed by atoms with Gasteiger partial charge in [-0.05, 0) is 57.4 Å². The number of aromatic nitrogens is 4. The Balaban J connectivity index is 1.37. The van der Waals surface area contributed by atoms with Crippen LogP contribution in [0.1, 0.15) is 50.1 Å².